The molecule has 0 atom stereocenters. The van der Waals surface area contributed by atoms with Crippen LogP contribution in [0.1, 0.15) is 12.5 Å². The van der Waals surface area contributed by atoms with Crippen LogP contribution in [0.2, 0.25) is 5.02 Å². The molecule has 1 aromatic carbocycles. The third-order valence-electron chi connectivity index (χ3n) is 1.81. The lowest BCUT2D eigenvalue weighted by Gasteiger charge is -2.14. The van der Waals surface area contributed by atoms with Crippen LogP contribution in [0.3, 0.4) is 0 Å². The second-order valence-corrected chi connectivity index (χ2v) is 3.25. The maximum absolute atomic E-state index is 9.21. The Morgan fingerprint density at radius 2 is 2.23 bits per heavy atom. The van der Waals surface area contributed by atoms with Gasteiger partial charge in [0.05, 0.1) is 0 Å². The van der Waals surface area contributed by atoms with E-state index in [1.165, 1.54) is 0 Å². The molecule has 72 valence electrons. The van der Waals surface area contributed by atoms with Crippen molar-refractivity contribution in [2.75, 3.05) is 6.54 Å². The van der Waals surface area contributed by atoms with Gasteiger partial charge in [0.1, 0.15) is 5.75 Å². The van der Waals surface area contributed by atoms with E-state index in [2.05, 4.69) is 0 Å². The Balaban J connectivity index is 2.81. The van der Waals surface area contributed by atoms with E-state index < -0.39 is 0 Å². The smallest absolute Gasteiger partial charge is 0.116 e. The summed E-state index contributed by atoms with van der Waals surface area (Å²) in [4.78, 5) is 0. The van der Waals surface area contributed by atoms with Gasteiger partial charge in [0.25, 0.3) is 0 Å². The van der Waals surface area contributed by atoms with Gasteiger partial charge < -0.3 is 5.11 Å². The maximum Gasteiger partial charge on any atom is 0.116 e. The van der Waals surface area contributed by atoms with E-state index in [0.717, 1.165) is 12.1 Å². The number of halogens is 1. The second kappa shape index (κ2) is 4.46. The van der Waals surface area contributed by atoms with Crippen molar-refractivity contribution in [1.29, 1.82) is 0 Å². The molecule has 0 aliphatic rings. The van der Waals surface area contributed by atoms with E-state index in [1.54, 1.807) is 23.2 Å². The summed E-state index contributed by atoms with van der Waals surface area (Å²) in [5, 5.41) is 11.5. The maximum atomic E-state index is 9.21. The minimum Gasteiger partial charge on any atom is -0.508 e. The Morgan fingerprint density at radius 1 is 1.54 bits per heavy atom. The summed E-state index contributed by atoms with van der Waals surface area (Å²) in [7, 11) is 0. The van der Waals surface area contributed by atoms with Crippen molar-refractivity contribution in [2.24, 2.45) is 5.84 Å². The Morgan fingerprint density at radius 3 is 2.85 bits per heavy atom. The molecule has 0 unspecified atom stereocenters. The predicted octanol–water partition coefficient (Wildman–Crippen LogP) is 1.74. The first kappa shape index (κ1) is 10.3. The van der Waals surface area contributed by atoms with Crippen LogP contribution in [0.15, 0.2) is 18.2 Å². The fourth-order valence-corrected chi connectivity index (χ4v) is 1.19. The van der Waals surface area contributed by atoms with Gasteiger partial charge in [-0.2, -0.15) is 0 Å². The normalized spacial score (nSPS) is 10.8. The minimum atomic E-state index is 0.212. The number of benzene rings is 1. The summed E-state index contributed by atoms with van der Waals surface area (Å²) in [6, 6.07) is 4.84. The molecule has 3 N–H and O–H groups in total. The van der Waals surface area contributed by atoms with Gasteiger partial charge >= 0.3 is 0 Å². The first-order chi connectivity index (χ1) is 6.13. The molecule has 0 aromatic heterocycles. The van der Waals surface area contributed by atoms with Gasteiger partial charge in [-0.15, -0.1) is 0 Å². The molecule has 0 spiro atoms. The molecular weight excluding hydrogens is 188 g/mol. The van der Waals surface area contributed by atoms with Crippen LogP contribution in [-0.4, -0.2) is 16.7 Å². The number of nitrogens with two attached hydrogens (primary N) is 1. The molecule has 0 bridgehead atoms. The van der Waals surface area contributed by atoms with Crippen molar-refractivity contribution in [3.8, 4) is 5.75 Å². The number of phenolic OH excluding ortho intramolecular Hbond substituents is 1. The second-order valence-electron chi connectivity index (χ2n) is 2.84. The predicted molar refractivity (Wildman–Crippen MR) is 53.4 cm³/mol. The molecule has 3 nitrogen and oxygen atoms in total. The fraction of sp³-hybridized carbons (Fsp3) is 0.333. The molecule has 0 aliphatic carbocycles. The van der Waals surface area contributed by atoms with Crippen molar-refractivity contribution < 1.29 is 5.11 Å². The molecule has 0 amide bonds. The van der Waals surface area contributed by atoms with Gasteiger partial charge in [-0.05, 0) is 23.8 Å². The van der Waals surface area contributed by atoms with E-state index >= 15 is 0 Å². The van der Waals surface area contributed by atoms with Crippen LogP contribution in [-0.2, 0) is 6.54 Å². The number of nitrogens with zero attached hydrogens (tertiary/aromatic N) is 1. The fourth-order valence-electron chi connectivity index (χ4n) is 1.01. The minimum absolute atomic E-state index is 0.212. The molecule has 0 aliphatic heterocycles. The Kier molecular flexibility index (Phi) is 3.54. The molecule has 0 heterocycles. The average Bonchev–Trinajstić information content (AvgIpc) is 2.11. The zero-order valence-electron chi connectivity index (χ0n) is 7.50. The first-order valence-electron chi connectivity index (χ1n) is 4.10. The number of hydrogen-bond acceptors (Lipinski definition) is 3. The highest BCUT2D eigenvalue weighted by molar-refractivity contribution is 6.31. The summed E-state index contributed by atoms with van der Waals surface area (Å²) < 4.78 is 0. The molecule has 0 radical (unpaired) electrons. The van der Waals surface area contributed by atoms with Crippen molar-refractivity contribution >= 4 is 11.6 Å². The lowest BCUT2D eigenvalue weighted by atomic mass is 10.2. The van der Waals surface area contributed by atoms with Crippen LogP contribution < -0.4 is 5.84 Å². The molecule has 13 heavy (non-hydrogen) atoms. The molecular formula is C9H13ClN2O. The van der Waals surface area contributed by atoms with Gasteiger partial charge in [0.2, 0.25) is 0 Å². The number of phenols is 1. The highest BCUT2D eigenvalue weighted by Crippen LogP contribution is 2.21. The standard InChI is InChI=1S/C9H13ClN2O/c1-2-12(11)6-7-5-8(13)3-4-9(7)10/h3-5,13H,2,6,11H2,1H3. The van der Waals surface area contributed by atoms with Crippen molar-refractivity contribution in [3.63, 3.8) is 0 Å². The molecule has 0 saturated carbocycles. The first-order valence-corrected chi connectivity index (χ1v) is 4.48. The average molecular weight is 201 g/mol. The summed E-state index contributed by atoms with van der Waals surface area (Å²) in [6.07, 6.45) is 0. The van der Waals surface area contributed by atoms with E-state index in [-0.39, 0.29) is 5.75 Å². The van der Waals surface area contributed by atoms with Crippen LogP contribution >= 0.6 is 11.6 Å². The lowest BCUT2D eigenvalue weighted by Crippen LogP contribution is -2.29. The molecule has 0 fully saturated rings. The van der Waals surface area contributed by atoms with E-state index in [9.17, 15) is 5.11 Å². The van der Waals surface area contributed by atoms with Gasteiger partial charge in [-0.3, -0.25) is 5.84 Å². The zero-order chi connectivity index (χ0) is 9.84. The zero-order valence-corrected chi connectivity index (χ0v) is 8.25. The quantitative estimate of drug-likeness (QED) is 0.577. The summed E-state index contributed by atoms with van der Waals surface area (Å²) >= 11 is 5.90. The Bertz CT molecular complexity index is 291. The molecule has 1 aromatic rings. The van der Waals surface area contributed by atoms with Crippen molar-refractivity contribution in [3.05, 3.63) is 28.8 Å². The van der Waals surface area contributed by atoms with E-state index in [4.69, 9.17) is 17.4 Å². The van der Waals surface area contributed by atoms with E-state index in [0.29, 0.717) is 11.6 Å². The summed E-state index contributed by atoms with van der Waals surface area (Å²) in [6.45, 7) is 3.24. The van der Waals surface area contributed by atoms with Crippen LogP contribution in [0.25, 0.3) is 0 Å². The van der Waals surface area contributed by atoms with Gasteiger partial charge in [0.15, 0.2) is 0 Å². The number of hydrazine groups is 1. The molecule has 4 heteroatoms. The summed E-state index contributed by atoms with van der Waals surface area (Å²) in [5.74, 6) is 5.83. The number of hydrogen-bond donors (Lipinski definition) is 2. The topological polar surface area (TPSA) is 49.5 Å². The molecule has 1 rings (SSSR count). The van der Waals surface area contributed by atoms with Gasteiger partial charge in [-0.25, -0.2) is 5.01 Å². The third-order valence-corrected chi connectivity index (χ3v) is 2.18. The summed E-state index contributed by atoms with van der Waals surface area (Å²) in [5.41, 5.74) is 0.839. The Hall–Kier alpha value is -0.770. The van der Waals surface area contributed by atoms with Crippen LogP contribution in [0.4, 0.5) is 0 Å². The molecule has 0 saturated heterocycles. The Labute approximate surface area is 82.7 Å². The van der Waals surface area contributed by atoms with Crippen molar-refractivity contribution in [2.45, 2.75) is 13.5 Å². The van der Waals surface area contributed by atoms with Crippen molar-refractivity contribution in [1.82, 2.24) is 5.01 Å². The highest BCUT2D eigenvalue weighted by atomic mass is 35.5. The largest absolute Gasteiger partial charge is 0.508 e. The van der Waals surface area contributed by atoms with Gasteiger partial charge in [0, 0.05) is 18.1 Å². The SMILES string of the molecule is CCN(N)Cc1cc(O)ccc1Cl. The monoisotopic (exact) mass is 200 g/mol. The highest BCUT2D eigenvalue weighted by Gasteiger charge is 2.04. The van der Waals surface area contributed by atoms with Crippen LogP contribution in [0.5, 0.6) is 5.75 Å². The van der Waals surface area contributed by atoms with Crippen LogP contribution in [0, 0.1) is 0 Å². The van der Waals surface area contributed by atoms with Gasteiger partial charge in [-0.1, -0.05) is 18.5 Å². The number of aromatic hydroxyl groups is 1. The lowest BCUT2D eigenvalue weighted by molar-refractivity contribution is 0.290. The third kappa shape index (κ3) is 2.88. The number of rotatable bonds is 3. The van der Waals surface area contributed by atoms with E-state index in [1.807, 2.05) is 6.92 Å².